The fourth-order valence-corrected chi connectivity index (χ4v) is 4.00. The van der Waals surface area contributed by atoms with Gasteiger partial charge in [0.15, 0.2) is 5.84 Å². The first kappa shape index (κ1) is 25.6. The maximum atomic E-state index is 5.07. The van der Waals surface area contributed by atoms with E-state index in [-0.39, 0.29) is 10.8 Å². The number of hydrogen-bond acceptors (Lipinski definition) is 3. The Morgan fingerprint density at radius 2 is 2.03 bits per heavy atom. The normalized spacial score (nSPS) is 24.1. The van der Waals surface area contributed by atoms with E-state index < -0.39 is 0 Å². The van der Waals surface area contributed by atoms with Crippen molar-refractivity contribution in [2.24, 2.45) is 20.8 Å². The Morgan fingerprint density at radius 3 is 2.66 bits per heavy atom. The summed E-state index contributed by atoms with van der Waals surface area (Å²) >= 11 is 0. The molecule has 2 N–H and O–H groups in total. The summed E-state index contributed by atoms with van der Waals surface area (Å²) in [5.74, 6) is 1.70. The average Bonchev–Trinajstić information content (AvgIpc) is 2.74. The van der Waals surface area contributed by atoms with E-state index in [1.54, 1.807) is 0 Å². The standard InChI is InChI=1S/C27H38N4Si/c1-9-10-11-12-17-32-31-24(28-8)22-13-14-23(26(4,5)6)30-25(22)29-19-27(7)16-15-20(2)18-21(27)3/h9-15,18,28,31H,16,19H2,1-8H3/b10-9-,12-11-,24-22+,29-25+/t27-/m1/s1. The third-order valence-electron chi connectivity index (χ3n) is 5.75. The molecule has 4 nitrogen and oxygen atoms in total. The van der Waals surface area contributed by atoms with E-state index >= 15 is 0 Å². The molecular weight excluding hydrogens is 408 g/mol. The molecule has 0 aromatic carbocycles. The second-order valence-corrected chi connectivity index (χ2v) is 10.4. The Kier molecular flexibility index (Phi) is 9.06. The first-order valence-corrected chi connectivity index (χ1v) is 12.2. The number of allylic oxidation sites excluding steroid dienone is 8. The Balaban J connectivity index is 2.41. The molecule has 170 valence electrons. The molecule has 2 rings (SSSR count). The van der Waals surface area contributed by atoms with Gasteiger partial charge in [0, 0.05) is 23.6 Å². The van der Waals surface area contributed by atoms with Crippen LogP contribution in [0.1, 0.15) is 54.9 Å². The number of nitrogens with zero attached hydrogens (tertiary/aromatic N) is 2. The molecule has 0 aromatic heterocycles. The minimum atomic E-state index is -0.0403. The van der Waals surface area contributed by atoms with Crippen molar-refractivity contribution in [3.8, 4) is 5.50 Å². The fraction of sp³-hybridized carbons (Fsp3) is 0.444. The molecule has 0 aromatic rings. The van der Waals surface area contributed by atoms with Crippen molar-refractivity contribution in [3.63, 3.8) is 0 Å². The third-order valence-corrected chi connectivity index (χ3v) is 6.44. The summed E-state index contributed by atoms with van der Waals surface area (Å²) < 4.78 is 0. The Hall–Kier alpha value is -2.62. The lowest BCUT2D eigenvalue weighted by Gasteiger charge is -2.31. The number of aliphatic imine (C=N–C) groups is 2. The Morgan fingerprint density at radius 1 is 1.28 bits per heavy atom. The predicted molar refractivity (Wildman–Crippen MR) is 141 cm³/mol. The summed E-state index contributed by atoms with van der Waals surface area (Å²) in [7, 11) is 2.25. The highest BCUT2D eigenvalue weighted by Gasteiger charge is 2.29. The number of dihydropyridines is 1. The van der Waals surface area contributed by atoms with Crippen LogP contribution in [0.15, 0.2) is 81.1 Å². The molecule has 0 amide bonds. The van der Waals surface area contributed by atoms with Crippen molar-refractivity contribution >= 4 is 20.7 Å². The number of hydrogen-bond donors (Lipinski definition) is 2. The van der Waals surface area contributed by atoms with E-state index in [1.165, 1.54) is 11.1 Å². The van der Waals surface area contributed by atoms with Gasteiger partial charge in [-0.2, -0.15) is 0 Å². The molecule has 0 saturated carbocycles. The lowest BCUT2D eigenvalue weighted by atomic mass is 9.76. The van der Waals surface area contributed by atoms with E-state index in [9.17, 15) is 0 Å². The van der Waals surface area contributed by atoms with Crippen LogP contribution in [0.3, 0.4) is 0 Å². The maximum absolute atomic E-state index is 5.07. The average molecular weight is 447 g/mol. The molecule has 1 aliphatic heterocycles. The van der Waals surface area contributed by atoms with E-state index in [0.29, 0.717) is 15.7 Å². The monoisotopic (exact) mass is 446 g/mol. The molecule has 0 fully saturated rings. The van der Waals surface area contributed by atoms with Crippen molar-refractivity contribution in [3.05, 3.63) is 71.1 Å². The van der Waals surface area contributed by atoms with Gasteiger partial charge >= 0.3 is 0 Å². The second-order valence-electron chi connectivity index (χ2n) is 9.58. The van der Waals surface area contributed by atoms with Crippen LogP contribution >= 0.6 is 0 Å². The highest BCUT2D eigenvalue weighted by atomic mass is 28.2. The third kappa shape index (κ3) is 6.94. The second kappa shape index (κ2) is 11.3. The van der Waals surface area contributed by atoms with Gasteiger partial charge in [0.25, 0.3) is 0 Å². The number of rotatable bonds is 5. The molecule has 0 saturated heterocycles. The lowest BCUT2D eigenvalue weighted by molar-refractivity contribution is 0.411. The largest absolute Gasteiger partial charge is 0.374 e. The van der Waals surface area contributed by atoms with Gasteiger partial charge in [-0.15, -0.1) is 0 Å². The smallest absolute Gasteiger partial charge is 0.158 e. The van der Waals surface area contributed by atoms with Gasteiger partial charge < -0.3 is 10.3 Å². The summed E-state index contributed by atoms with van der Waals surface area (Å²) in [6, 6.07) is 0. The quantitative estimate of drug-likeness (QED) is 0.434. The molecule has 1 heterocycles. The summed E-state index contributed by atoms with van der Waals surface area (Å²) in [5.41, 5.74) is 7.99. The van der Waals surface area contributed by atoms with Crippen LogP contribution in [0.5, 0.6) is 0 Å². The van der Waals surface area contributed by atoms with Crippen LogP contribution in [0.25, 0.3) is 0 Å². The SMILES string of the molecule is C/C=C\C=C/C#[Si]N/C(NC)=C1\C=CC(C(C)(C)C)=N\C1=N\C[C@@]1(C)CC=C(C)C=C1C. The van der Waals surface area contributed by atoms with Gasteiger partial charge in [0.05, 0.1) is 12.1 Å². The predicted octanol–water partition coefficient (Wildman–Crippen LogP) is 5.48. The van der Waals surface area contributed by atoms with Gasteiger partial charge in [0.2, 0.25) is 0 Å². The zero-order valence-corrected chi connectivity index (χ0v) is 21.9. The van der Waals surface area contributed by atoms with E-state index in [1.807, 2.05) is 38.3 Å². The highest BCUT2D eigenvalue weighted by molar-refractivity contribution is 6.22. The van der Waals surface area contributed by atoms with Crippen LogP contribution in [0, 0.1) is 16.3 Å². The molecule has 2 aliphatic rings. The van der Waals surface area contributed by atoms with Gasteiger partial charge in [-0.05, 0) is 45.4 Å². The van der Waals surface area contributed by atoms with Crippen molar-refractivity contribution in [1.29, 1.82) is 0 Å². The lowest BCUT2D eigenvalue weighted by Crippen LogP contribution is -2.30. The number of nitrogens with one attached hydrogen (secondary N) is 2. The van der Waals surface area contributed by atoms with Crippen LogP contribution in [0.2, 0.25) is 0 Å². The molecule has 1 aliphatic carbocycles. The first-order chi connectivity index (χ1) is 15.1. The highest BCUT2D eigenvalue weighted by Crippen LogP contribution is 2.36. The molecular formula is C27H38N4Si. The molecule has 0 spiro atoms. The van der Waals surface area contributed by atoms with Crippen LogP contribution < -0.4 is 10.3 Å². The molecule has 1 atom stereocenters. The zero-order valence-electron chi connectivity index (χ0n) is 20.9. The summed E-state index contributed by atoms with van der Waals surface area (Å²) in [6.45, 7) is 15.9. The van der Waals surface area contributed by atoms with Gasteiger partial charge in [-0.1, -0.05) is 74.7 Å². The van der Waals surface area contributed by atoms with Crippen molar-refractivity contribution < 1.29 is 0 Å². The summed E-state index contributed by atoms with van der Waals surface area (Å²) in [5, 5.41) is 3.29. The van der Waals surface area contributed by atoms with Crippen LogP contribution in [-0.4, -0.2) is 34.3 Å². The minimum absolute atomic E-state index is 0.0182. The van der Waals surface area contributed by atoms with E-state index in [2.05, 4.69) is 81.6 Å². The number of amidine groups is 1. The molecule has 5 heteroatoms. The Bertz CT molecular complexity index is 1010. The topological polar surface area (TPSA) is 48.8 Å². The van der Waals surface area contributed by atoms with Crippen molar-refractivity contribution in [2.45, 2.75) is 54.9 Å². The van der Waals surface area contributed by atoms with E-state index in [0.717, 1.165) is 29.4 Å². The summed E-state index contributed by atoms with van der Waals surface area (Å²) in [4.78, 5) is 13.5. The molecule has 0 bridgehead atoms. The Labute approximate surface area is 197 Å². The van der Waals surface area contributed by atoms with Gasteiger partial charge in [-0.25, -0.2) is 4.99 Å². The maximum Gasteiger partial charge on any atom is 0.158 e. The molecule has 0 radical (unpaired) electrons. The van der Waals surface area contributed by atoms with Crippen LogP contribution in [-0.2, 0) is 0 Å². The van der Waals surface area contributed by atoms with Gasteiger partial charge in [0.1, 0.15) is 14.9 Å². The van der Waals surface area contributed by atoms with E-state index in [4.69, 9.17) is 9.98 Å². The van der Waals surface area contributed by atoms with Gasteiger partial charge in [-0.3, -0.25) is 4.99 Å². The zero-order chi connectivity index (χ0) is 23.8. The van der Waals surface area contributed by atoms with Crippen molar-refractivity contribution in [1.82, 2.24) is 10.3 Å². The minimum Gasteiger partial charge on any atom is -0.374 e. The fourth-order valence-electron chi connectivity index (χ4n) is 3.36. The van der Waals surface area contributed by atoms with Crippen molar-refractivity contribution in [2.75, 3.05) is 13.6 Å². The summed E-state index contributed by atoms with van der Waals surface area (Å²) in [6.07, 6.45) is 17.7. The van der Waals surface area contributed by atoms with Crippen LogP contribution in [0.4, 0.5) is 0 Å². The first-order valence-electron chi connectivity index (χ1n) is 11.2. The molecule has 32 heavy (non-hydrogen) atoms. The molecule has 0 unspecified atom stereocenters.